The van der Waals surface area contributed by atoms with Gasteiger partial charge in [-0.1, -0.05) is 125 Å². The summed E-state index contributed by atoms with van der Waals surface area (Å²) in [6, 6.07) is -6.65. The number of carbonyl (C=O) groups excluding carboxylic acids is 12. The van der Waals surface area contributed by atoms with Crippen LogP contribution in [0, 0.1) is 53.3 Å². The van der Waals surface area contributed by atoms with Gasteiger partial charge >= 0.3 is 35.8 Å². The quantitative estimate of drug-likeness (QED) is 0.0416. The predicted molar refractivity (Wildman–Crippen MR) is 283 cm³/mol. The van der Waals surface area contributed by atoms with Crippen molar-refractivity contribution < 1.29 is 86.0 Å². The summed E-state index contributed by atoms with van der Waals surface area (Å²) in [6.45, 7) is 33.0. The highest BCUT2D eigenvalue weighted by Crippen LogP contribution is 2.18. The van der Waals surface area contributed by atoms with Crippen LogP contribution < -0.4 is 32.3 Å². The van der Waals surface area contributed by atoms with Crippen LogP contribution in [0.2, 0.25) is 0 Å². The molecular weight excluding hydrogens is 1020 g/mol. The van der Waals surface area contributed by atoms with Crippen LogP contribution in [0.15, 0.2) is 0 Å². The molecule has 0 aliphatic heterocycles. The maximum Gasteiger partial charge on any atom is 0.329 e. The molecule has 6 amide bonds. The van der Waals surface area contributed by atoms with Gasteiger partial charge in [-0.05, 0) is 74.0 Å². The topological polar surface area (TPSA) is 346 Å². The zero-order valence-electron chi connectivity index (χ0n) is 49.7. The lowest BCUT2D eigenvalue weighted by molar-refractivity contribution is -0.166. The van der Waals surface area contributed by atoms with Crippen LogP contribution in [0.25, 0.3) is 0 Å². The molecule has 0 unspecified atom stereocenters. The second-order valence-corrected chi connectivity index (χ2v) is 22.7. The van der Waals surface area contributed by atoms with Crippen LogP contribution in [0.5, 0.6) is 0 Å². The van der Waals surface area contributed by atoms with E-state index in [0.29, 0.717) is 0 Å². The number of hydrogen-bond acceptors (Lipinski definition) is 18. The normalized spacial score (nSPS) is 15.9. The molecule has 446 valence electrons. The average molecular weight is 1110 g/mol. The van der Waals surface area contributed by atoms with Crippen molar-refractivity contribution in [1.82, 2.24) is 26.6 Å². The zero-order chi connectivity index (χ0) is 61.0. The van der Waals surface area contributed by atoms with Gasteiger partial charge in [-0.2, -0.15) is 0 Å². The lowest BCUT2D eigenvalue weighted by Crippen LogP contribution is -2.55. The Morgan fingerprint density at radius 1 is 0.295 bits per heavy atom. The molecule has 0 fully saturated rings. The molecule has 0 bridgehead atoms. The minimum absolute atomic E-state index is 0.0105. The van der Waals surface area contributed by atoms with Crippen LogP contribution in [0.3, 0.4) is 0 Å². The Morgan fingerprint density at radius 2 is 0.513 bits per heavy atom. The van der Waals surface area contributed by atoms with Crippen LogP contribution in [-0.2, 0) is 86.0 Å². The first kappa shape index (κ1) is 71.6. The number of primary amides is 1. The number of rotatable bonds is 32. The van der Waals surface area contributed by atoms with Gasteiger partial charge < -0.3 is 60.7 Å². The first-order chi connectivity index (χ1) is 35.8. The first-order valence-corrected chi connectivity index (χ1v) is 26.8. The lowest BCUT2D eigenvalue weighted by Gasteiger charge is -2.30. The van der Waals surface area contributed by atoms with E-state index in [9.17, 15) is 57.5 Å². The average Bonchev–Trinajstić information content (AvgIpc) is 3.30. The molecule has 7 N–H and O–H groups in total. The summed E-state index contributed by atoms with van der Waals surface area (Å²) >= 11 is 0. The number of carbonyl (C=O) groups is 12. The molecular formula is C54H92N6O18. The second-order valence-electron chi connectivity index (χ2n) is 22.7. The van der Waals surface area contributed by atoms with Gasteiger partial charge in [-0.15, -0.1) is 0 Å². The van der Waals surface area contributed by atoms with Crippen molar-refractivity contribution in [2.24, 2.45) is 59.0 Å². The molecule has 78 heavy (non-hydrogen) atoms. The van der Waals surface area contributed by atoms with E-state index in [2.05, 4.69) is 26.6 Å². The van der Waals surface area contributed by atoms with E-state index in [-0.39, 0.29) is 12.3 Å². The molecule has 0 aliphatic rings. The van der Waals surface area contributed by atoms with Gasteiger partial charge in [0.2, 0.25) is 0 Å². The summed E-state index contributed by atoms with van der Waals surface area (Å²) in [7, 11) is 0. The zero-order valence-corrected chi connectivity index (χ0v) is 49.7. The molecule has 0 aromatic rings. The summed E-state index contributed by atoms with van der Waals surface area (Å²) in [4.78, 5) is 159. The van der Waals surface area contributed by atoms with Crippen LogP contribution in [-0.4, -0.2) is 138 Å². The van der Waals surface area contributed by atoms with E-state index >= 15 is 0 Å². The van der Waals surface area contributed by atoms with E-state index in [4.69, 9.17) is 34.2 Å². The molecule has 0 heterocycles. The van der Waals surface area contributed by atoms with E-state index in [1.165, 1.54) is 20.8 Å². The van der Waals surface area contributed by atoms with E-state index in [1.54, 1.807) is 111 Å². The van der Waals surface area contributed by atoms with E-state index in [1.807, 2.05) is 13.8 Å². The Bertz CT molecular complexity index is 2090. The molecule has 0 aromatic heterocycles. The van der Waals surface area contributed by atoms with Gasteiger partial charge in [0.1, 0.15) is 30.2 Å². The summed E-state index contributed by atoms with van der Waals surface area (Å²) in [6.07, 6.45) is -8.43. The number of amides is 6. The van der Waals surface area contributed by atoms with E-state index in [0.717, 1.165) is 0 Å². The summed E-state index contributed by atoms with van der Waals surface area (Å²) in [5.41, 5.74) is 5.38. The minimum atomic E-state index is -1.55. The smallest absolute Gasteiger partial charge is 0.329 e. The fourth-order valence-electron chi connectivity index (χ4n) is 7.11. The van der Waals surface area contributed by atoms with Crippen molar-refractivity contribution in [3.05, 3.63) is 0 Å². The summed E-state index contributed by atoms with van der Waals surface area (Å²) < 4.78 is 32.7. The Balaban J connectivity index is 6.06. The summed E-state index contributed by atoms with van der Waals surface area (Å²) in [5, 5.41) is 12.6. The second kappa shape index (κ2) is 33.2. The Morgan fingerprint density at radius 3 is 0.731 bits per heavy atom. The number of nitrogens with one attached hydrogen (secondary N) is 5. The molecule has 0 saturated heterocycles. The highest BCUT2D eigenvalue weighted by atomic mass is 16.6. The van der Waals surface area contributed by atoms with Crippen molar-refractivity contribution in [1.29, 1.82) is 0 Å². The van der Waals surface area contributed by atoms with Gasteiger partial charge in [0.25, 0.3) is 35.4 Å². The largest absolute Gasteiger partial charge is 0.453 e. The Labute approximate surface area is 460 Å². The standard InChI is InChI=1S/C54H92N6O18/c1-23(2)22-35(61)73-32(19)45(63)56-39(27(9)10)53(71)77-42(30(15)16)48(66)59-37(25(5)6)51(69)75-34(21)47(65)58-40(28(11)12)54(72)78-43(31(17)18)49(67)60-36(24(3)4)50(68)74-33(20)46(64)57-38(26(7)8)52(70)76-41(29(13)14)44(55)62/h23-34,36-43H,22H2,1-21H3,(H2,55,62)(H,56,63)(H,57,64)(H,58,65)(H,59,66)(H,60,67)/t32-,33-,34-,36+,37-,38-,39-,40-,41+,42+,43+/m0/s1. The van der Waals surface area contributed by atoms with Crippen molar-refractivity contribution >= 4 is 71.3 Å². The number of hydrogen-bond donors (Lipinski definition) is 6. The molecule has 0 spiro atoms. The van der Waals surface area contributed by atoms with Gasteiger partial charge in [-0.3, -0.25) is 33.6 Å². The van der Waals surface area contributed by atoms with Gasteiger partial charge in [-0.25, -0.2) is 24.0 Å². The molecule has 24 heteroatoms. The molecule has 0 radical (unpaired) electrons. The highest BCUT2D eigenvalue weighted by Gasteiger charge is 2.40. The molecule has 0 aromatic carbocycles. The van der Waals surface area contributed by atoms with E-state index < -0.39 is 185 Å². The van der Waals surface area contributed by atoms with Crippen LogP contribution in [0.1, 0.15) is 152 Å². The third kappa shape index (κ3) is 23.7. The third-order valence-corrected chi connectivity index (χ3v) is 12.0. The van der Waals surface area contributed by atoms with Crippen molar-refractivity contribution in [2.45, 2.75) is 219 Å². The maximum absolute atomic E-state index is 13.8. The fourth-order valence-corrected chi connectivity index (χ4v) is 7.11. The lowest BCUT2D eigenvalue weighted by atomic mass is 10.0. The molecule has 0 aliphatic carbocycles. The van der Waals surface area contributed by atoms with Gasteiger partial charge in [0.15, 0.2) is 36.6 Å². The summed E-state index contributed by atoms with van der Waals surface area (Å²) in [5.74, 6) is -15.6. The monoisotopic (exact) mass is 1110 g/mol. The predicted octanol–water partition coefficient (Wildman–Crippen LogP) is 2.72. The van der Waals surface area contributed by atoms with Gasteiger partial charge in [0, 0.05) is 6.42 Å². The van der Waals surface area contributed by atoms with Crippen molar-refractivity contribution in [2.75, 3.05) is 0 Å². The van der Waals surface area contributed by atoms with Crippen LogP contribution in [0.4, 0.5) is 0 Å². The molecule has 0 saturated carbocycles. The molecule has 0 rings (SSSR count). The number of nitrogens with two attached hydrogens (primary N) is 1. The highest BCUT2D eigenvalue weighted by molar-refractivity contribution is 5.95. The molecule has 24 nitrogen and oxygen atoms in total. The Hall–Kier alpha value is -6.36. The SMILES string of the molecule is CC(C)CC(=O)O[C@@H](C)C(=O)N[C@H](C(=O)O[C@@H](C(=O)N[C@H](C(=O)O[C@@H](C)C(=O)N[C@H](C(=O)O[C@@H](C(=O)N[C@@H](C(=O)O[C@@H](C)C(=O)N[C@H](C(=O)O[C@@H](C(N)=O)C(C)C)C(C)C)C(C)C)C(C)C)C(C)C)C(C)C)C(C)C)C(C)C. The molecule has 11 atom stereocenters. The first-order valence-electron chi connectivity index (χ1n) is 26.8. The maximum atomic E-state index is 13.8. The van der Waals surface area contributed by atoms with Gasteiger partial charge in [0.05, 0.1) is 0 Å². The number of esters is 6. The number of ether oxygens (including phenoxy) is 6. The van der Waals surface area contributed by atoms with Crippen molar-refractivity contribution in [3.8, 4) is 0 Å². The Kier molecular flexibility index (Phi) is 30.5. The fraction of sp³-hybridized carbons (Fsp3) is 0.778. The van der Waals surface area contributed by atoms with Crippen molar-refractivity contribution in [3.63, 3.8) is 0 Å². The van der Waals surface area contributed by atoms with Crippen LogP contribution >= 0.6 is 0 Å². The minimum Gasteiger partial charge on any atom is -0.453 e. The third-order valence-electron chi connectivity index (χ3n) is 12.0.